The number of amides is 3. The maximum absolute atomic E-state index is 12.5. The van der Waals surface area contributed by atoms with Crippen molar-refractivity contribution in [2.45, 2.75) is 19.3 Å². The molecule has 1 aliphatic carbocycles. The average Bonchev–Trinajstić information content (AvgIpc) is 3.54. The molecule has 27 heavy (non-hydrogen) atoms. The summed E-state index contributed by atoms with van der Waals surface area (Å²) in [6.45, 7) is 1.07. The van der Waals surface area contributed by atoms with E-state index in [1.54, 1.807) is 19.2 Å². The number of methoxy groups -OCH3 is 1. The third-order valence-corrected chi connectivity index (χ3v) is 4.43. The first-order valence-electron chi connectivity index (χ1n) is 9.22. The highest BCUT2D eigenvalue weighted by Gasteiger charge is 2.33. The van der Waals surface area contributed by atoms with Gasteiger partial charge in [0.25, 0.3) is 0 Å². The lowest BCUT2D eigenvalue weighted by molar-refractivity contribution is -0.119. The van der Waals surface area contributed by atoms with Crippen LogP contribution in [0.2, 0.25) is 0 Å². The van der Waals surface area contributed by atoms with E-state index in [1.807, 2.05) is 47.4 Å². The summed E-state index contributed by atoms with van der Waals surface area (Å²) in [5, 5.41) is 5.61. The Labute approximate surface area is 159 Å². The van der Waals surface area contributed by atoms with Gasteiger partial charge in [-0.15, -0.1) is 0 Å². The molecule has 6 heteroatoms. The Bertz CT molecular complexity index is 775. The highest BCUT2D eigenvalue weighted by Crippen LogP contribution is 2.32. The van der Waals surface area contributed by atoms with Crippen LogP contribution in [0.25, 0.3) is 0 Å². The fraction of sp³-hybridized carbons (Fsp3) is 0.333. The van der Waals surface area contributed by atoms with Crippen LogP contribution in [0.3, 0.4) is 0 Å². The molecule has 0 spiro atoms. The number of hydrogen-bond donors (Lipinski definition) is 2. The van der Waals surface area contributed by atoms with Gasteiger partial charge < -0.3 is 20.3 Å². The summed E-state index contributed by atoms with van der Waals surface area (Å²) in [6.07, 6.45) is 2.63. The molecule has 0 atom stereocenters. The molecule has 1 fully saturated rings. The largest absolute Gasteiger partial charge is 0.497 e. The highest BCUT2D eigenvalue weighted by molar-refractivity contribution is 5.96. The molecule has 2 aromatic rings. The van der Waals surface area contributed by atoms with Gasteiger partial charge in [0.1, 0.15) is 5.75 Å². The Kier molecular flexibility index (Phi) is 6.30. The van der Waals surface area contributed by atoms with Crippen LogP contribution in [-0.2, 0) is 4.79 Å². The first kappa shape index (κ1) is 18.8. The number of hydrogen-bond acceptors (Lipinski definition) is 3. The lowest BCUT2D eigenvalue weighted by Crippen LogP contribution is -2.36. The molecule has 2 N–H and O–H groups in total. The van der Waals surface area contributed by atoms with Crippen LogP contribution in [-0.4, -0.2) is 32.1 Å². The number of nitrogens with zero attached hydrogens (tertiary/aromatic N) is 1. The molecule has 0 aliphatic heterocycles. The maximum Gasteiger partial charge on any atom is 0.319 e. The predicted molar refractivity (Wildman–Crippen MR) is 106 cm³/mol. The van der Waals surface area contributed by atoms with Crippen LogP contribution in [0.5, 0.6) is 5.75 Å². The Morgan fingerprint density at radius 1 is 1.11 bits per heavy atom. The van der Waals surface area contributed by atoms with E-state index in [9.17, 15) is 9.59 Å². The van der Waals surface area contributed by atoms with Crippen LogP contribution >= 0.6 is 0 Å². The summed E-state index contributed by atoms with van der Waals surface area (Å²) in [4.78, 5) is 26.4. The minimum Gasteiger partial charge on any atom is -0.497 e. The summed E-state index contributed by atoms with van der Waals surface area (Å²) in [6, 6.07) is 16.6. The van der Waals surface area contributed by atoms with E-state index in [-0.39, 0.29) is 17.9 Å². The molecule has 142 valence electrons. The zero-order valence-electron chi connectivity index (χ0n) is 15.5. The van der Waals surface area contributed by atoms with Gasteiger partial charge in [-0.1, -0.05) is 24.3 Å². The molecule has 0 unspecified atom stereocenters. The van der Waals surface area contributed by atoms with E-state index in [1.165, 1.54) is 0 Å². The number of ether oxygens (including phenoxy) is 1. The van der Waals surface area contributed by atoms with Gasteiger partial charge in [-0.2, -0.15) is 0 Å². The number of urea groups is 1. The van der Waals surface area contributed by atoms with Gasteiger partial charge in [-0.05, 0) is 43.5 Å². The standard InChI is InChI=1S/C21H25N3O3/c1-27-19-10-5-7-17(15-19)23-21(26)22-13-6-14-24(20(25)16-11-12-16)18-8-3-2-4-9-18/h2-5,7-10,15-16H,6,11-14H2,1H3,(H2,22,23,26). The van der Waals surface area contributed by atoms with E-state index in [0.29, 0.717) is 30.9 Å². The third kappa shape index (κ3) is 5.48. The first-order valence-corrected chi connectivity index (χ1v) is 9.22. The summed E-state index contributed by atoms with van der Waals surface area (Å²) < 4.78 is 5.14. The Balaban J connectivity index is 1.47. The van der Waals surface area contributed by atoms with Gasteiger partial charge >= 0.3 is 6.03 Å². The number of carbonyl (C=O) groups is 2. The fourth-order valence-electron chi connectivity index (χ4n) is 2.84. The van der Waals surface area contributed by atoms with Crippen molar-refractivity contribution in [3.8, 4) is 5.75 Å². The Morgan fingerprint density at radius 2 is 1.89 bits per heavy atom. The Hall–Kier alpha value is -3.02. The minimum absolute atomic E-state index is 0.162. The summed E-state index contributed by atoms with van der Waals surface area (Å²) in [5.41, 5.74) is 1.58. The van der Waals surface area contributed by atoms with E-state index >= 15 is 0 Å². The molecule has 3 amide bonds. The van der Waals surface area contributed by atoms with Gasteiger partial charge in [0.05, 0.1) is 7.11 Å². The van der Waals surface area contributed by atoms with Gasteiger partial charge in [0.15, 0.2) is 0 Å². The van der Waals surface area contributed by atoms with Crippen LogP contribution < -0.4 is 20.3 Å². The van der Waals surface area contributed by atoms with Crippen LogP contribution in [0.1, 0.15) is 19.3 Å². The number of carbonyl (C=O) groups excluding carboxylic acids is 2. The normalized spacial score (nSPS) is 12.9. The van der Waals surface area contributed by atoms with E-state index < -0.39 is 0 Å². The minimum atomic E-state index is -0.275. The molecule has 3 rings (SSSR count). The van der Waals surface area contributed by atoms with Crippen molar-refractivity contribution in [1.82, 2.24) is 5.32 Å². The first-order chi connectivity index (χ1) is 13.2. The number of para-hydroxylation sites is 1. The number of nitrogens with one attached hydrogen (secondary N) is 2. The van der Waals surface area contributed by atoms with Crippen LogP contribution in [0.15, 0.2) is 54.6 Å². The number of benzene rings is 2. The van der Waals surface area contributed by atoms with E-state index in [0.717, 1.165) is 18.5 Å². The van der Waals surface area contributed by atoms with Gasteiger partial charge in [-0.25, -0.2) is 4.79 Å². The fourth-order valence-corrected chi connectivity index (χ4v) is 2.84. The molecule has 0 saturated heterocycles. The lowest BCUT2D eigenvalue weighted by Gasteiger charge is -2.23. The zero-order chi connectivity index (χ0) is 19.1. The molecule has 0 aromatic heterocycles. The molecule has 1 saturated carbocycles. The highest BCUT2D eigenvalue weighted by atomic mass is 16.5. The zero-order valence-corrected chi connectivity index (χ0v) is 15.5. The number of anilines is 2. The van der Waals surface area contributed by atoms with Crippen molar-refractivity contribution >= 4 is 23.3 Å². The average molecular weight is 367 g/mol. The summed E-state index contributed by atoms with van der Waals surface area (Å²) >= 11 is 0. The van der Waals surface area contributed by atoms with Crippen molar-refractivity contribution in [3.05, 3.63) is 54.6 Å². The SMILES string of the molecule is COc1cccc(NC(=O)NCCCN(C(=O)C2CC2)c2ccccc2)c1. The van der Waals surface area contributed by atoms with Crippen molar-refractivity contribution < 1.29 is 14.3 Å². The van der Waals surface area contributed by atoms with Crippen molar-refractivity contribution in [1.29, 1.82) is 0 Å². The molecule has 0 heterocycles. The monoisotopic (exact) mass is 367 g/mol. The quantitative estimate of drug-likeness (QED) is 0.700. The smallest absolute Gasteiger partial charge is 0.319 e. The molecular weight excluding hydrogens is 342 g/mol. The maximum atomic E-state index is 12.5. The third-order valence-electron chi connectivity index (χ3n) is 4.43. The van der Waals surface area contributed by atoms with Gasteiger partial charge in [-0.3, -0.25) is 4.79 Å². The lowest BCUT2D eigenvalue weighted by atomic mass is 10.2. The molecule has 1 aliphatic rings. The molecular formula is C21H25N3O3. The van der Waals surface area contributed by atoms with E-state index in [4.69, 9.17) is 4.74 Å². The van der Waals surface area contributed by atoms with Gasteiger partial charge in [0.2, 0.25) is 5.91 Å². The second-order valence-corrected chi connectivity index (χ2v) is 6.57. The number of rotatable bonds is 8. The second kappa shape index (κ2) is 9.07. The summed E-state index contributed by atoms with van der Waals surface area (Å²) in [5.74, 6) is 1.03. The van der Waals surface area contributed by atoms with Crippen molar-refractivity contribution in [2.24, 2.45) is 5.92 Å². The Morgan fingerprint density at radius 3 is 2.59 bits per heavy atom. The summed E-state index contributed by atoms with van der Waals surface area (Å²) in [7, 11) is 1.58. The van der Waals surface area contributed by atoms with Crippen LogP contribution in [0.4, 0.5) is 16.2 Å². The predicted octanol–water partition coefficient (Wildman–Crippen LogP) is 3.65. The topological polar surface area (TPSA) is 70.7 Å². The molecule has 0 bridgehead atoms. The molecule has 6 nitrogen and oxygen atoms in total. The van der Waals surface area contributed by atoms with Crippen molar-refractivity contribution in [3.63, 3.8) is 0 Å². The molecule has 2 aromatic carbocycles. The van der Waals surface area contributed by atoms with Crippen LogP contribution in [0, 0.1) is 5.92 Å². The van der Waals surface area contributed by atoms with Crippen molar-refractivity contribution in [2.75, 3.05) is 30.4 Å². The second-order valence-electron chi connectivity index (χ2n) is 6.57. The van der Waals surface area contributed by atoms with E-state index in [2.05, 4.69) is 10.6 Å². The van der Waals surface area contributed by atoms with Gasteiger partial charge in [0, 0.05) is 36.4 Å². The molecule has 0 radical (unpaired) electrons.